The molecule has 1 atom stereocenters. The number of amides is 1. The molecule has 1 unspecified atom stereocenters. The molecule has 2 heterocycles. The first-order valence-corrected chi connectivity index (χ1v) is 9.84. The van der Waals surface area contributed by atoms with E-state index < -0.39 is 0 Å². The van der Waals surface area contributed by atoms with Gasteiger partial charge in [-0.25, -0.2) is 0 Å². The van der Waals surface area contributed by atoms with Crippen LogP contribution < -0.4 is 0 Å². The Labute approximate surface area is 154 Å². The van der Waals surface area contributed by atoms with E-state index in [1.165, 1.54) is 18.4 Å². The molecule has 2 fully saturated rings. The van der Waals surface area contributed by atoms with E-state index in [0.717, 1.165) is 44.6 Å². The summed E-state index contributed by atoms with van der Waals surface area (Å²) in [5.41, 5.74) is 1.37. The summed E-state index contributed by atoms with van der Waals surface area (Å²) in [6.45, 7) is 3.61. The van der Waals surface area contributed by atoms with Gasteiger partial charge in [0, 0.05) is 31.8 Å². The smallest absolute Gasteiger partial charge is 0.226 e. The van der Waals surface area contributed by atoms with Crippen molar-refractivity contribution in [2.45, 2.75) is 57.8 Å². The highest BCUT2D eigenvalue weighted by atomic mass is 16.5. The lowest BCUT2D eigenvalue weighted by Gasteiger charge is -2.27. The molecule has 1 aromatic heterocycles. The van der Waals surface area contributed by atoms with E-state index >= 15 is 0 Å². The first-order valence-electron chi connectivity index (χ1n) is 9.84. The summed E-state index contributed by atoms with van der Waals surface area (Å²) in [4.78, 5) is 19.5. The van der Waals surface area contributed by atoms with Crippen molar-refractivity contribution in [2.24, 2.45) is 5.41 Å². The van der Waals surface area contributed by atoms with E-state index in [-0.39, 0.29) is 17.2 Å². The van der Waals surface area contributed by atoms with Crippen molar-refractivity contribution in [2.75, 3.05) is 13.1 Å². The summed E-state index contributed by atoms with van der Waals surface area (Å²) >= 11 is 0. The molecule has 1 saturated carbocycles. The summed E-state index contributed by atoms with van der Waals surface area (Å²) in [7, 11) is 0. The molecule has 0 radical (unpaired) electrons. The van der Waals surface area contributed by atoms with Gasteiger partial charge in [-0.15, -0.1) is 0 Å². The van der Waals surface area contributed by atoms with Crippen LogP contribution in [0.25, 0.3) is 0 Å². The molecule has 26 heavy (non-hydrogen) atoms. The highest BCUT2D eigenvalue weighted by Gasteiger charge is 2.51. The standard InChI is InChI=1S/C21H27N3O2/c1-2-18-22-20(23-26-18)17-14-24(15-21(17)12-6-7-13-21)19(25)11-10-16-8-4-3-5-9-16/h3-5,8-9,17H,2,6-7,10-15H2,1H3. The van der Waals surface area contributed by atoms with Crippen LogP contribution >= 0.6 is 0 Å². The molecule has 0 N–H and O–H groups in total. The number of benzene rings is 1. The molecule has 1 saturated heterocycles. The number of aryl methyl sites for hydroxylation is 2. The molecule has 5 nitrogen and oxygen atoms in total. The number of rotatable bonds is 5. The van der Waals surface area contributed by atoms with Crippen LogP contribution in [0.15, 0.2) is 34.9 Å². The second-order valence-corrected chi connectivity index (χ2v) is 7.78. The third-order valence-electron chi connectivity index (χ3n) is 6.17. The fourth-order valence-electron chi connectivity index (χ4n) is 4.71. The molecule has 2 aromatic rings. The quantitative estimate of drug-likeness (QED) is 0.821. The van der Waals surface area contributed by atoms with Gasteiger partial charge in [-0.1, -0.05) is 55.3 Å². The molecule has 1 aliphatic carbocycles. The Morgan fingerprint density at radius 2 is 2.04 bits per heavy atom. The van der Waals surface area contributed by atoms with Gasteiger partial charge in [0.05, 0.1) is 0 Å². The zero-order valence-electron chi connectivity index (χ0n) is 15.5. The molecular weight excluding hydrogens is 326 g/mol. The van der Waals surface area contributed by atoms with Gasteiger partial charge in [-0.3, -0.25) is 4.79 Å². The van der Waals surface area contributed by atoms with Gasteiger partial charge in [0.25, 0.3) is 0 Å². The minimum atomic E-state index is 0.150. The van der Waals surface area contributed by atoms with Gasteiger partial charge in [0.2, 0.25) is 11.8 Å². The SMILES string of the molecule is CCc1nc(C2CN(C(=O)CCc3ccccc3)CC23CCCC3)no1. The van der Waals surface area contributed by atoms with Crippen molar-refractivity contribution in [1.82, 2.24) is 15.0 Å². The number of nitrogens with zero attached hydrogens (tertiary/aromatic N) is 3. The van der Waals surface area contributed by atoms with E-state index in [2.05, 4.69) is 27.2 Å². The summed E-state index contributed by atoms with van der Waals surface area (Å²) < 4.78 is 5.37. The fourth-order valence-corrected chi connectivity index (χ4v) is 4.71. The maximum absolute atomic E-state index is 12.9. The molecular formula is C21H27N3O2. The number of carbonyl (C=O) groups is 1. The second-order valence-electron chi connectivity index (χ2n) is 7.78. The predicted octanol–water partition coefficient (Wildman–Crippen LogP) is 3.75. The normalized spacial score (nSPS) is 21.6. The van der Waals surface area contributed by atoms with E-state index in [4.69, 9.17) is 4.52 Å². The highest BCUT2D eigenvalue weighted by molar-refractivity contribution is 5.77. The molecule has 1 aliphatic heterocycles. The average Bonchev–Trinajstić information content (AvgIpc) is 3.41. The van der Waals surface area contributed by atoms with Crippen LogP contribution in [-0.2, 0) is 17.6 Å². The lowest BCUT2D eigenvalue weighted by atomic mass is 9.76. The minimum absolute atomic E-state index is 0.150. The van der Waals surface area contributed by atoms with Crippen LogP contribution in [0.2, 0.25) is 0 Å². The van der Waals surface area contributed by atoms with E-state index in [1.54, 1.807) is 0 Å². The van der Waals surface area contributed by atoms with E-state index in [9.17, 15) is 4.79 Å². The van der Waals surface area contributed by atoms with Crippen molar-refractivity contribution in [3.63, 3.8) is 0 Å². The van der Waals surface area contributed by atoms with Crippen molar-refractivity contribution in [3.8, 4) is 0 Å². The number of aromatic nitrogens is 2. The lowest BCUT2D eigenvalue weighted by molar-refractivity contribution is -0.130. The summed E-state index contributed by atoms with van der Waals surface area (Å²) in [5.74, 6) is 1.97. The molecule has 1 amide bonds. The zero-order chi connectivity index (χ0) is 18.0. The molecule has 5 heteroatoms. The van der Waals surface area contributed by atoms with Crippen LogP contribution in [0.4, 0.5) is 0 Å². The first-order chi connectivity index (χ1) is 12.7. The van der Waals surface area contributed by atoms with Crippen molar-refractivity contribution >= 4 is 5.91 Å². The van der Waals surface area contributed by atoms with Gasteiger partial charge in [0.15, 0.2) is 5.82 Å². The molecule has 1 aromatic carbocycles. The summed E-state index contributed by atoms with van der Waals surface area (Å²) in [5, 5.41) is 4.25. The predicted molar refractivity (Wildman–Crippen MR) is 98.7 cm³/mol. The highest BCUT2D eigenvalue weighted by Crippen LogP contribution is 2.52. The van der Waals surface area contributed by atoms with Crippen molar-refractivity contribution < 1.29 is 9.32 Å². The third kappa shape index (κ3) is 3.27. The Bertz CT molecular complexity index is 750. The van der Waals surface area contributed by atoms with Gasteiger partial charge < -0.3 is 9.42 Å². The average molecular weight is 353 g/mol. The van der Waals surface area contributed by atoms with E-state index in [1.807, 2.05) is 25.1 Å². The molecule has 1 spiro atoms. The van der Waals surface area contributed by atoms with Crippen LogP contribution in [0.1, 0.15) is 62.2 Å². The Hall–Kier alpha value is -2.17. The second kappa shape index (κ2) is 7.22. The Morgan fingerprint density at radius 3 is 2.73 bits per heavy atom. The maximum atomic E-state index is 12.9. The van der Waals surface area contributed by atoms with Crippen molar-refractivity contribution in [3.05, 3.63) is 47.6 Å². The molecule has 0 bridgehead atoms. The number of hydrogen-bond donors (Lipinski definition) is 0. The first kappa shape index (κ1) is 17.3. The van der Waals surface area contributed by atoms with Crippen LogP contribution in [-0.4, -0.2) is 34.0 Å². The zero-order valence-corrected chi connectivity index (χ0v) is 15.5. The van der Waals surface area contributed by atoms with Gasteiger partial charge in [0.1, 0.15) is 0 Å². The Morgan fingerprint density at radius 1 is 1.27 bits per heavy atom. The van der Waals surface area contributed by atoms with Crippen LogP contribution in [0, 0.1) is 5.41 Å². The van der Waals surface area contributed by atoms with Crippen LogP contribution in [0.3, 0.4) is 0 Å². The summed E-state index contributed by atoms with van der Waals surface area (Å²) in [6.07, 6.45) is 6.93. The van der Waals surface area contributed by atoms with Gasteiger partial charge in [-0.05, 0) is 30.2 Å². The molecule has 4 rings (SSSR count). The van der Waals surface area contributed by atoms with Crippen LogP contribution in [0.5, 0.6) is 0 Å². The number of hydrogen-bond acceptors (Lipinski definition) is 4. The number of carbonyl (C=O) groups excluding carboxylic acids is 1. The fraction of sp³-hybridized carbons (Fsp3) is 0.571. The van der Waals surface area contributed by atoms with Crippen molar-refractivity contribution in [1.29, 1.82) is 0 Å². The van der Waals surface area contributed by atoms with E-state index in [0.29, 0.717) is 12.3 Å². The van der Waals surface area contributed by atoms with Gasteiger partial charge in [-0.2, -0.15) is 4.98 Å². The minimum Gasteiger partial charge on any atom is -0.341 e. The lowest BCUT2D eigenvalue weighted by Crippen LogP contribution is -2.31. The third-order valence-corrected chi connectivity index (χ3v) is 6.17. The Balaban J connectivity index is 1.47. The van der Waals surface area contributed by atoms with Gasteiger partial charge >= 0.3 is 0 Å². The Kier molecular flexibility index (Phi) is 4.79. The topological polar surface area (TPSA) is 59.2 Å². The largest absolute Gasteiger partial charge is 0.341 e. The molecule has 138 valence electrons. The summed E-state index contributed by atoms with van der Waals surface area (Å²) in [6, 6.07) is 10.2. The number of likely N-dealkylation sites (tertiary alicyclic amines) is 1. The maximum Gasteiger partial charge on any atom is 0.226 e. The monoisotopic (exact) mass is 353 g/mol. The molecule has 2 aliphatic rings.